The molecule has 13 heteroatoms. The number of carboxylic acid groups (broad SMARTS) is 2. The Morgan fingerprint density at radius 3 is 2.45 bits per heavy atom. The minimum absolute atomic E-state index is 0.0142. The van der Waals surface area contributed by atoms with Gasteiger partial charge in [-0.15, -0.1) is 0 Å². The molecule has 13 nitrogen and oxygen atoms in total. The van der Waals surface area contributed by atoms with Crippen LogP contribution in [0, 0.1) is 72.9 Å². The number of rotatable bonds is 10. The van der Waals surface area contributed by atoms with Gasteiger partial charge in [0.05, 0.1) is 24.0 Å². The van der Waals surface area contributed by atoms with E-state index in [1.54, 1.807) is 7.11 Å². The van der Waals surface area contributed by atoms with Gasteiger partial charge in [0, 0.05) is 47.7 Å². The first-order chi connectivity index (χ1) is 30.8. The molecule has 2 saturated heterocycles. The molecule has 8 aliphatic carbocycles. The number of aromatic amines is 1. The first kappa shape index (κ1) is 44.2. The van der Waals surface area contributed by atoms with Gasteiger partial charge >= 0.3 is 11.9 Å². The van der Waals surface area contributed by atoms with Gasteiger partial charge in [-0.1, -0.05) is 70.6 Å². The van der Waals surface area contributed by atoms with Crippen LogP contribution in [-0.4, -0.2) is 105 Å². The van der Waals surface area contributed by atoms with Gasteiger partial charge < -0.3 is 50.0 Å². The second-order valence-corrected chi connectivity index (χ2v) is 23.6. The van der Waals surface area contributed by atoms with Gasteiger partial charge in [-0.05, 0) is 128 Å². The molecule has 19 atom stereocenters. The van der Waals surface area contributed by atoms with Crippen molar-refractivity contribution in [1.29, 1.82) is 0 Å². The van der Waals surface area contributed by atoms with E-state index in [0.717, 1.165) is 51.4 Å². The number of aliphatic hydroxyl groups is 3. The Balaban J connectivity index is 1.12. The van der Waals surface area contributed by atoms with E-state index in [-0.39, 0.29) is 46.5 Å². The van der Waals surface area contributed by atoms with E-state index in [0.29, 0.717) is 32.3 Å². The van der Waals surface area contributed by atoms with Crippen LogP contribution < -0.4 is 5.32 Å². The molecule has 65 heavy (non-hydrogen) atoms. The number of methoxy groups -OCH3 is 1. The fraction of sp³-hybridized carbons (Fsp3) is 0.750. The number of hydrogen-bond donors (Lipinski definition) is 7. The summed E-state index contributed by atoms with van der Waals surface area (Å²) in [6, 6.07) is -0.387. The summed E-state index contributed by atoms with van der Waals surface area (Å²) in [4.78, 5) is 45.6. The van der Waals surface area contributed by atoms with Crippen molar-refractivity contribution in [2.45, 2.75) is 155 Å². The minimum Gasteiger partial charge on any atom is -0.481 e. The number of amides is 1. The molecule has 1 aromatic rings. The van der Waals surface area contributed by atoms with Crippen LogP contribution >= 0.6 is 0 Å². The van der Waals surface area contributed by atoms with E-state index >= 15 is 4.79 Å². The number of hydrogen-bond acceptors (Lipinski definition) is 9. The number of aryl methyl sites for hydroxylation is 2. The Labute approximate surface area is 381 Å². The molecule has 0 radical (unpaired) electrons. The maximum Gasteiger partial charge on any atom is 0.335 e. The fourth-order valence-corrected chi connectivity index (χ4v) is 19.4. The molecule has 0 aromatic carbocycles. The van der Waals surface area contributed by atoms with Crippen LogP contribution in [0.3, 0.4) is 0 Å². The Hall–Kier alpha value is -3.33. The summed E-state index contributed by atoms with van der Waals surface area (Å²) in [5.74, 6) is -2.68. The molecule has 0 unspecified atom stereocenters. The SMILES string of the molecule is CCc1c[nH]cc1CC[C@@]12[C@H]3CC[C@@H]4C=C5[C@@]67C=CC[C@@]8(C)C[C@@H](COC)[C@]6(C(=O)O)CC[C@]56[C@@H](C=C[C@@]41[C@@]6(C)CC[C@H]2C(C)(C)[C@@H](O[C@@H]1O[C@H](C(=O)O)[C@@H](O)[C@H](O)[C@H]1O)C3)C(=O)N[C@H]87. The highest BCUT2D eigenvalue weighted by Crippen LogP contribution is 2.89. The van der Waals surface area contributed by atoms with Gasteiger partial charge in [0.25, 0.3) is 0 Å². The van der Waals surface area contributed by atoms with Crippen LogP contribution in [0.1, 0.15) is 110 Å². The van der Waals surface area contributed by atoms with Gasteiger partial charge in [-0.3, -0.25) is 9.59 Å². The van der Waals surface area contributed by atoms with Crippen molar-refractivity contribution in [1.82, 2.24) is 10.3 Å². The molecule has 11 rings (SSSR count). The normalized spacial score (nSPS) is 51.5. The number of aliphatic hydroxyl groups excluding tert-OH is 3. The molecule has 1 aromatic heterocycles. The first-order valence-corrected chi connectivity index (χ1v) is 24.7. The average Bonchev–Trinajstić information content (AvgIpc) is 3.68. The second-order valence-electron chi connectivity index (χ2n) is 23.6. The van der Waals surface area contributed by atoms with E-state index in [1.807, 2.05) is 0 Å². The predicted molar refractivity (Wildman–Crippen MR) is 237 cm³/mol. The zero-order chi connectivity index (χ0) is 46.1. The average molecular weight is 899 g/mol. The van der Waals surface area contributed by atoms with Crippen LogP contribution in [0.4, 0.5) is 0 Å². The van der Waals surface area contributed by atoms with Crippen molar-refractivity contribution >= 4 is 17.8 Å². The quantitative estimate of drug-likeness (QED) is 0.112. The summed E-state index contributed by atoms with van der Waals surface area (Å²) in [7, 11) is 1.68. The summed E-state index contributed by atoms with van der Waals surface area (Å²) >= 11 is 0. The summed E-state index contributed by atoms with van der Waals surface area (Å²) in [5, 5.41) is 58.2. The fourth-order valence-electron chi connectivity index (χ4n) is 19.4. The Bertz CT molecular complexity index is 2290. The van der Waals surface area contributed by atoms with Crippen LogP contribution in [-0.2, 0) is 41.4 Å². The Kier molecular flexibility index (Phi) is 9.60. The third-order valence-corrected chi connectivity index (χ3v) is 21.7. The second kappa shape index (κ2) is 14.1. The standard InChI is InChI=1S/C52H70N2O11/c1-7-27-24-53-25-28(27)11-17-48-29-9-10-30-21-34-50-20-19-49(44(61)62)31(26-63-6)23-46(4)14-8-15-51(34,49)43(46)54-40(58)32(50)12-18-52(30,48)47(50,5)16-13-33(48)45(2,3)35(22-29)64-42-38(57)36(55)37(56)39(65-42)41(59)60/h8,12,15,18,21,24-25,29-33,35-39,42-43,53,55-57H,7,9-11,13-14,16-17,19-20,22-23,26H2,1-6H3,(H,54,58)(H,59,60)(H,61,62)/t29-,30+,31-,32-,33-,35-,36-,37-,38+,39-,42+,43+,46-,47-,48-,49-,50-,51+,52-/m0/s1. The van der Waals surface area contributed by atoms with Crippen molar-refractivity contribution in [2.24, 2.45) is 72.9 Å². The van der Waals surface area contributed by atoms with E-state index < -0.39 is 87.2 Å². The Morgan fingerprint density at radius 2 is 1.72 bits per heavy atom. The number of carbonyl (C=O) groups is 3. The van der Waals surface area contributed by atoms with Crippen molar-refractivity contribution in [3.63, 3.8) is 0 Å². The molecule has 1 amide bonds. The first-order valence-electron chi connectivity index (χ1n) is 24.7. The summed E-state index contributed by atoms with van der Waals surface area (Å²) < 4.78 is 18.5. The molecule has 7 fully saturated rings. The number of carboxylic acids is 2. The number of nitrogens with one attached hydrogen (secondary N) is 2. The number of H-pyrrole nitrogens is 1. The minimum atomic E-state index is -1.81. The van der Waals surface area contributed by atoms with Gasteiger partial charge in [-0.2, -0.15) is 0 Å². The summed E-state index contributed by atoms with van der Waals surface area (Å²) in [6.07, 6.45) is 16.3. The number of carbonyl (C=O) groups excluding carboxylic acids is 1. The molecule has 4 bridgehead atoms. The monoisotopic (exact) mass is 898 g/mol. The lowest BCUT2D eigenvalue weighted by Gasteiger charge is -2.83. The van der Waals surface area contributed by atoms with Crippen molar-refractivity contribution in [2.75, 3.05) is 13.7 Å². The smallest absolute Gasteiger partial charge is 0.335 e. The Morgan fingerprint density at radius 1 is 0.954 bits per heavy atom. The number of allylic oxidation sites excluding steroid dienone is 3. The highest BCUT2D eigenvalue weighted by molar-refractivity contribution is 5.88. The number of aliphatic carboxylic acids is 2. The third kappa shape index (κ3) is 4.89. The van der Waals surface area contributed by atoms with Crippen molar-refractivity contribution in [3.8, 4) is 0 Å². The molecular weight excluding hydrogens is 829 g/mol. The van der Waals surface area contributed by atoms with Crippen LogP contribution in [0.2, 0.25) is 0 Å². The summed E-state index contributed by atoms with van der Waals surface area (Å²) in [5.41, 5.74) is -1.08. The molecule has 7 N–H and O–H groups in total. The van der Waals surface area contributed by atoms with Crippen molar-refractivity contribution in [3.05, 3.63) is 59.5 Å². The maximum atomic E-state index is 15.5. The van der Waals surface area contributed by atoms with E-state index in [1.165, 1.54) is 16.7 Å². The molecule has 354 valence electrons. The van der Waals surface area contributed by atoms with E-state index in [9.17, 15) is 35.1 Å². The maximum absolute atomic E-state index is 15.5. The van der Waals surface area contributed by atoms with E-state index in [4.69, 9.17) is 14.2 Å². The van der Waals surface area contributed by atoms with Gasteiger partial charge in [0.1, 0.15) is 18.3 Å². The molecule has 3 spiro atoms. The van der Waals surface area contributed by atoms with Gasteiger partial charge in [0.2, 0.25) is 5.91 Å². The van der Waals surface area contributed by atoms with Crippen LogP contribution in [0.15, 0.2) is 48.3 Å². The van der Waals surface area contributed by atoms with Crippen LogP contribution in [0.5, 0.6) is 0 Å². The number of ether oxygens (including phenoxy) is 3. The molecular formula is C52H70N2O11. The molecule has 5 saturated carbocycles. The largest absolute Gasteiger partial charge is 0.481 e. The highest BCUT2D eigenvalue weighted by Gasteiger charge is 2.87. The lowest BCUT2D eigenvalue weighted by molar-refractivity contribution is -0.347. The topological polar surface area (TPSA) is 208 Å². The van der Waals surface area contributed by atoms with E-state index in [2.05, 4.69) is 87.7 Å². The third-order valence-electron chi connectivity index (χ3n) is 21.7. The predicted octanol–water partition coefficient (Wildman–Crippen LogP) is 5.73. The van der Waals surface area contributed by atoms with Crippen molar-refractivity contribution < 1.29 is 54.1 Å². The highest BCUT2D eigenvalue weighted by atomic mass is 16.7. The molecule has 10 aliphatic rings. The lowest BCUT2D eigenvalue weighted by atomic mass is 9.19. The zero-order valence-corrected chi connectivity index (χ0v) is 38.8. The van der Waals surface area contributed by atoms with Crippen LogP contribution in [0.25, 0.3) is 0 Å². The number of aromatic nitrogens is 1. The lowest BCUT2D eigenvalue weighted by Crippen LogP contribution is -2.80. The zero-order valence-electron chi connectivity index (χ0n) is 38.8. The summed E-state index contributed by atoms with van der Waals surface area (Å²) in [6.45, 7) is 11.8. The van der Waals surface area contributed by atoms with Gasteiger partial charge in [0.15, 0.2) is 12.4 Å². The molecule has 2 aliphatic heterocycles. The molecule has 3 heterocycles. The van der Waals surface area contributed by atoms with Gasteiger partial charge in [-0.25, -0.2) is 4.79 Å².